The van der Waals surface area contributed by atoms with Crippen molar-refractivity contribution in [3.05, 3.63) is 24.5 Å². The lowest BCUT2D eigenvalue weighted by Crippen LogP contribution is -2.60. The van der Waals surface area contributed by atoms with Gasteiger partial charge in [-0.1, -0.05) is 0 Å². The maximum atomic E-state index is 5.85. The summed E-state index contributed by atoms with van der Waals surface area (Å²) in [4.78, 5) is 6.55. The number of hydrogen-bond acceptors (Lipinski definition) is 4. The van der Waals surface area contributed by atoms with E-state index in [2.05, 4.69) is 35.8 Å². The van der Waals surface area contributed by atoms with Crippen molar-refractivity contribution >= 4 is 5.65 Å². The fourth-order valence-electron chi connectivity index (χ4n) is 2.09. The molecule has 0 spiro atoms. The van der Waals surface area contributed by atoms with E-state index >= 15 is 0 Å². The summed E-state index contributed by atoms with van der Waals surface area (Å²) in [5, 5.41) is 4.36. The molecule has 5 nitrogen and oxygen atoms in total. The normalized spacial score (nSPS) is 17.9. The van der Waals surface area contributed by atoms with E-state index in [0.717, 1.165) is 18.7 Å². The van der Waals surface area contributed by atoms with Gasteiger partial charge in [0.2, 0.25) is 5.88 Å². The number of hydrogen-bond donors (Lipinski definition) is 0. The number of likely N-dealkylation sites (tertiary alicyclic amines) is 1. The first-order chi connectivity index (χ1) is 8.52. The van der Waals surface area contributed by atoms with Gasteiger partial charge in [-0.05, 0) is 26.8 Å². The molecule has 0 amide bonds. The summed E-state index contributed by atoms with van der Waals surface area (Å²) in [7, 11) is 0. The number of nitrogens with zero attached hydrogens (tertiary/aromatic N) is 4. The second kappa shape index (κ2) is 3.95. The van der Waals surface area contributed by atoms with Crippen LogP contribution >= 0.6 is 0 Å². The summed E-state index contributed by atoms with van der Waals surface area (Å²) < 4.78 is 7.58. The van der Waals surface area contributed by atoms with Crippen molar-refractivity contribution in [3.8, 4) is 5.88 Å². The van der Waals surface area contributed by atoms with Crippen LogP contribution in [0.5, 0.6) is 5.88 Å². The monoisotopic (exact) mass is 246 g/mol. The molecule has 1 saturated heterocycles. The van der Waals surface area contributed by atoms with Gasteiger partial charge in [-0.3, -0.25) is 4.90 Å². The van der Waals surface area contributed by atoms with E-state index in [1.54, 1.807) is 10.7 Å². The predicted octanol–water partition coefficient (Wildman–Crippen LogP) is 1.59. The molecule has 96 valence electrons. The lowest BCUT2D eigenvalue weighted by Gasteiger charge is -2.46. The molecule has 0 aliphatic carbocycles. The summed E-state index contributed by atoms with van der Waals surface area (Å²) >= 11 is 0. The van der Waals surface area contributed by atoms with Gasteiger partial charge in [-0.15, -0.1) is 5.10 Å². The zero-order chi connectivity index (χ0) is 12.8. The molecule has 2 aromatic heterocycles. The minimum Gasteiger partial charge on any atom is -0.471 e. The quantitative estimate of drug-likeness (QED) is 0.807. The molecule has 1 aliphatic rings. The molecule has 3 rings (SSSR count). The number of ether oxygens (including phenoxy) is 1. The summed E-state index contributed by atoms with van der Waals surface area (Å²) in [5.74, 6) is 0.666. The van der Waals surface area contributed by atoms with Crippen LogP contribution in [-0.4, -0.2) is 44.2 Å². The number of rotatable bonds is 2. The topological polar surface area (TPSA) is 42.7 Å². The molecule has 0 bridgehead atoms. The summed E-state index contributed by atoms with van der Waals surface area (Å²) in [6.07, 6.45) is 3.80. The zero-order valence-electron chi connectivity index (χ0n) is 11.0. The van der Waals surface area contributed by atoms with Crippen molar-refractivity contribution in [2.75, 3.05) is 13.1 Å². The van der Waals surface area contributed by atoms with Gasteiger partial charge in [0.15, 0.2) is 5.65 Å². The van der Waals surface area contributed by atoms with Crippen LogP contribution in [0.15, 0.2) is 24.5 Å². The van der Waals surface area contributed by atoms with Gasteiger partial charge in [0.1, 0.15) is 6.10 Å². The molecule has 0 atom stereocenters. The Hall–Kier alpha value is -1.62. The number of imidazole rings is 1. The molecular weight excluding hydrogens is 228 g/mol. The van der Waals surface area contributed by atoms with Gasteiger partial charge in [0.25, 0.3) is 0 Å². The van der Waals surface area contributed by atoms with Gasteiger partial charge in [0.05, 0.1) is 0 Å². The second-order valence-electron chi connectivity index (χ2n) is 5.72. The molecule has 0 saturated carbocycles. The van der Waals surface area contributed by atoms with E-state index in [4.69, 9.17) is 4.74 Å². The van der Waals surface area contributed by atoms with E-state index in [0.29, 0.717) is 5.88 Å². The van der Waals surface area contributed by atoms with Crippen molar-refractivity contribution in [3.63, 3.8) is 0 Å². The maximum absolute atomic E-state index is 5.85. The summed E-state index contributed by atoms with van der Waals surface area (Å²) in [5.41, 5.74) is 1.06. The van der Waals surface area contributed by atoms with Crippen LogP contribution in [0.25, 0.3) is 5.65 Å². The molecule has 2 aromatic rings. The Bertz CT molecular complexity index is 551. The van der Waals surface area contributed by atoms with Gasteiger partial charge in [0, 0.05) is 37.1 Å². The van der Waals surface area contributed by atoms with E-state index < -0.39 is 0 Å². The third kappa shape index (κ3) is 2.06. The van der Waals surface area contributed by atoms with Crippen molar-refractivity contribution in [2.24, 2.45) is 0 Å². The molecule has 5 heteroatoms. The van der Waals surface area contributed by atoms with Crippen LogP contribution in [0.1, 0.15) is 20.8 Å². The highest BCUT2D eigenvalue weighted by Crippen LogP contribution is 2.23. The second-order valence-corrected chi connectivity index (χ2v) is 5.72. The first kappa shape index (κ1) is 11.5. The van der Waals surface area contributed by atoms with Crippen molar-refractivity contribution in [1.29, 1.82) is 0 Å². The number of fused-ring (bicyclic) bond motifs is 1. The average Bonchev–Trinajstić information content (AvgIpc) is 2.67. The Kier molecular flexibility index (Phi) is 2.52. The van der Waals surface area contributed by atoms with Crippen LogP contribution < -0.4 is 4.74 Å². The van der Waals surface area contributed by atoms with E-state index in [1.807, 2.05) is 18.3 Å². The molecule has 3 heterocycles. The fourth-order valence-corrected chi connectivity index (χ4v) is 2.09. The third-order valence-corrected chi connectivity index (χ3v) is 3.31. The first-order valence-corrected chi connectivity index (χ1v) is 6.24. The number of aromatic nitrogens is 3. The van der Waals surface area contributed by atoms with Crippen LogP contribution in [0.4, 0.5) is 0 Å². The van der Waals surface area contributed by atoms with Gasteiger partial charge >= 0.3 is 0 Å². The highest BCUT2D eigenvalue weighted by atomic mass is 16.5. The largest absolute Gasteiger partial charge is 0.471 e. The minimum atomic E-state index is 0.224. The smallest absolute Gasteiger partial charge is 0.232 e. The summed E-state index contributed by atoms with van der Waals surface area (Å²) in [6, 6.07) is 3.80. The Balaban J connectivity index is 1.64. The van der Waals surface area contributed by atoms with Crippen molar-refractivity contribution < 1.29 is 4.74 Å². The highest BCUT2D eigenvalue weighted by Gasteiger charge is 2.35. The standard InChI is InChI=1S/C13H18N4O/c1-13(2,3)16-8-10(9-16)18-12-5-4-11-14-6-7-17(11)15-12/h4-7,10H,8-9H2,1-3H3. The molecule has 1 aliphatic heterocycles. The Morgan fingerprint density at radius 1 is 1.28 bits per heavy atom. The van der Waals surface area contributed by atoms with E-state index in [1.165, 1.54) is 0 Å². The van der Waals surface area contributed by atoms with Gasteiger partial charge in [-0.2, -0.15) is 0 Å². The van der Waals surface area contributed by atoms with E-state index in [-0.39, 0.29) is 11.6 Å². The fraction of sp³-hybridized carbons (Fsp3) is 0.538. The average molecular weight is 246 g/mol. The van der Waals surface area contributed by atoms with Crippen molar-refractivity contribution in [2.45, 2.75) is 32.4 Å². The molecule has 0 aromatic carbocycles. The summed E-state index contributed by atoms with van der Waals surface area (Å²) in [6.45, 7) is 8.59. The van der Waals surface area contributed by atoms with Crippen LogP contribution in [0.2, 0.25) is 0 Å². The molecule has 18 heavy (non-hydrogen) atoms. The molecule has 1 fully saturated rings. The van der Waals surface area contributed by atoms with Crippen LogP contribution in [0.3, 0.4) is 0 Å². The minimum absolute atomic E-state index is 0.224. The third-order valence-electron chi connectivity index (χ3n) is 3.31. The SMILES string of the molecule is CC(C)(C)N1CC(Oc2ccc3nccn3n2)C1. The maximum Gasteiger partial charge on any atom is 0.232 e. The Morgan fingerprint density at radius 3 is 2.78 bits per heavy atom. The van der Waals surface area contributed by atoms with Crippen molar-refractivity contribution in [1.82, 2.24) is 19.5 Å². The predicted molar refractivity (Wildman–Crippen MR) is 68.7 cm³/mol. The lowest BCUT2D eigenvalue weighted by atomic mass is 9.99. The van der Waals surface area contributed by atoms with Gasteiger partial charge < -0.3 is 4.74 Å². The highest BCUT2D eigenvalue weighted by molar-refractivity contribution is 5.37. The van der Waals surface area contributed by atoms with Crippen LogP contribution in [-0.2, 0) is 0 Å². The Labute approximate surface area is 106 Å². The van der Waals surface area contributed by atoms with Gasteiger partial charge in [-0.25, -0.2) is 9.50 Å². The Morgan fingerprint density at radius 2 is 2.06 bits per heavy atom. The lowest BCUT2D eigenvalue weighted by molar-refractivity contribution is -0.0372. The van der Waals surface area contributed by atoms with E-state index in [9.17, 15) is 0 Å². The van der Waals surface area contributed by atoms with Crippen LogP contribution in [0, 0.1) is 0 Å². The molecule has 0 N–H and O–H groups in total. The first-order valence-electron chi connectivity index (χ1n) is 6.24. The molecular formula is C13H18N4O. The zero-order valence-corrected chi connectivity index (χ0v) is 11.0. The molecule has 0 unspecified atom stereocenters. The molecule has 0 radical (unpaired) electrons.